The fourth-order valence-corrected chi connectivity index (χ4v) is 3.46. The summed E-state index contributed by atoms with van der Waals surface area (Å²) in [5.41, 5.74) is 0. The van der Waals surface area contributed by atoms with Crippen molar-refractivity contribution < 1.29 is 4.74 Å². The molecule has 6 heteroatoms. The first-order valence-electron chi connectivity index (χ1n) is 9.86. The molecule has 2 heterocycles. The van der Waals surface area contributed by atoms with E-state index in [0.717, 1.165) is 77.4 Å². The highest BCUT2D eigenvalue weighted by molar-refractivity contribution is 5.79. The van der Waals surface area contributed by atoms with Crippen molar-refractivity contribution in [2.24, 2.45) is 4.99 Å². The molecule has 1 atom stereocenters. The van der Waals surface area contributed by atoms with Crippen LogP contribution >= 0.6 is 0 Å². The highest BCUT2D eigenvalue weighted by atomic mass is 16.5. The number of aliphatic imine (C=N–C) groups is 1. The van der Waals surface area contributed by atoms with Crippen LogP contribution in [-0.4, -0.2) is 87.4 Å². The van der Waals surface area contributed by atoms with E-state index in [1.54, 1.807) is 0 Å². The Labute approximate surface area is 148 Å². The second kappa shape index (κ2) is 11.7. The zero-order chi connectivity index (χ0) is 17.0. The third-order valence-electron chi connectivity index (χ3n) is 4.98. The van der Waals surface area contributed by atoms with Crippen molar-refractivity contribution in [3.8, 4) is 0 Å². The third-order valence-corrected chi connectivity index (χ3v) is 4.98. The summed E-state index contributed by atoms with van der Waals surface area (Å²) in [6, 6.07) is 0.730. The van der Waals surface area contributed by atoms with Crippen LogP contribution in [0.4, 0.5) is 0 Å². The van der Waals surface area contributed by atoms with Gasteiger partial charge >= 0.3 is 0 Å². The third kappa shape index (κ3) is 7.36. The highest BCUT2D eigenvalue weighted by Gasteiger charge is 2.17. The molecule has 0 aromatic rings. The Hall–Kier alpha value is -0.850. The van der Waals surface area contributed by atoms with Gasteiger partial charge in [-0.25, -0.2) is 0 Å². The number of nitrogens with zero attached hydrogens (tertiary/aromatic N) is 3. The second-order valence-corrected chi connectivity index (χ2v) is 6.88. The van der Waals surface area contributed by atoms with Crippen molar-refractivity contribution in [2.45, 2.75) is 45.6 Å². The molecule has 2 aliphatic heterocycles. The molecule has 2 aliphatic rings. The molecule has 140 valence electrons. The molecule has 24 heavy (non-hydrogen) atoms. The zero-order valence-electron chi connectivity index (χ0n) is 15.7. The van der Waals surface area contributed by atoms with E-state index in [-0.39, 0.29) is 0 Å². The monoisotopic (exact) mass is 339 g/mol. The summed E-state index contributed by atoms with van der Waals surface area (Å²) >= 11 is 0. The normalized spacial score (nSPS) is 24.1. The molecule has 0 spiro atoms. The summed E-state index contributed by atoms with van der Waals surface area (Å²) in [6.07, 6.45) is 5.19. The predicted octanol–water partition coefficient (Wildman–Crippen LogP) is 1.14. The molecule has 0 bridgehead atoms. The molecule has 2 N–H and O–H groups in total. The number of rotatable bonds is 8. The molecule has 0 saturated carbocycles. The van der Waals surface area contributed by atoms with Gasteiger partial charge in [0, 0.05) is 51.9 Å². The van der Waals surface area contributed by atoms with Crippen LogP contribution in [0.15, 0.2) is 4.99 Å². The zero-order valence-corrected chi connectivity index (χ0v) is 15.7. The Morgan fingerprint density at radius 3 is 2.71 bits per heavy atom. The van der Waals surface area contributed by atoms with E-state index >= 15 is 0 Å². The summed E-state index contributed by atoms with van der Waals surface area (Å²) in [4.78, 5) is 9.78. The lowest BCUT2D eigenvalue weighted by molar-refractivity contribution is 0.0377. The van der Waals surface area contributed by atoms with Crippen molar-refractivity contribution in [1.29, 1.82) is 0 Å². The Morgan fingerprint density at radius 2 is 1.96 bits per heavy atom. The minimum Gasteiger partial charge on any atom is -0.379 e. The largest absolute Gasteiger partial charge is 0.379 e. The van der Waals surface area contributed by atoms with Crippen molar-refractivity contribution >= 4 is 5.96 Å². The van der Waals surface area contributed by atoms with Crippen molar-refractivity contribution in [1.82, 2.24) is 20.4 Å². The lowest BCUT2D eigenvalue weighted by atomic mass is 10.0. The number of hydrogen-bond donors (Lipinski definition) is 2. The van der Waals surface area contributed by atoms with Crippen molar-refractivity contribution in [3.63, 3.8) is 0 Å². The average Bonchev–Trinajstić information content (AvgIpc) is 2.61. The molecule has 2 saturated heterocycles. The number of ether oxygens (including phenoxy) is 1. The summed E-state index contributed by atoms with van der Waals surface area (Å²) in [6.45, 7) is 14.6. The number of likely N-dealkylation sites (tertiary alicyclic amines) is 1. The molecule has 0 aromatic heterocycles. The van der Waals surface area contributed by atoms with Gasteiger partial charge in [-0.1, -0.05) is 6.42 Å². The molecule has 2 fully saturated rings. The van der Waals surface area contributed by atoms with Gasteiger partial charge in [-0.05, 0) is 39.7 Å². The number of nitrogens with one attached hydrogen (secondary N) is 2. The van der Waals surface area contributed by atoms with Crippen LogP contribution in [0.5, 0.6) is 0 Å². The molecule has 1 unspecified atom stereocenters. The van der Waals surface area contributed by atoms with Gasteiger partial charge in [-0.2, -0.15) is 0 Å². The Kier molecular flexibility index (Phi) is 9.46. The quantitative estimate of drug-likeness (QED) is 0.395. The maximum atomic E-state index is 5.38. The van der Waals surface area contributed by atoms with E-state index in [1.807, 2.05) is 0 Å². The average molecular weight is 340 g/mol. The van der Waals surface area contributed by atoms with Crippen molar-refractivity contribution in [3.05, 3.63) is 0 Å². The van der Waals surface area contributed by atoms with Gasteiger partial charge in [0.05, 0.1) is 13.2 Å². The van der Waals surface area contributed by atoms with Crippen LogP contribution in [0, 0.1) is 0 Å². The van der Waals surface area contributed by atoms with E-state index in [9.17, 15) is 0 Å². The fourth-order valence-electron chi connectivity index (χ4n) is 3.46. The minimum atomic E-state index is 0.730. The maximum Gasteiger partial charge on any atom is 0.191 e. The lowest BCUT2D eigenvalue weighted by Crippen LogP contribution is -2.45. The standard InChI is InChI=1S/C18H37N5O/c1-3-19-18(20-8-6-10-22-13-15-24-16-14-22)21-9-12-23-11-5-4-7-17(23)2/h17H,3-16H2,1-2H3,(H2,19,20,21). The van der Waals surface area contributed by atoms with Crippen LogP contribution in [0.25, 0.3) is 0 Å². The van der Waals surface area contributed by atoms with Gasteiger partial charge in [-0.15, -0.1) is 0 Å². The molecule has 0 aromatic carbocycles. The van der Waals surface area contributed by atoms with E-state index < -0.39 is 0 Å². The molecular formula is C18H37N5O. The summed E-state index contributed by atoms with van der Waals surface area (Å²) in [5.74, 6) is 0.962. The number of morpholine rings is 1. The van der Waals surface area contributed by atoms with Gasteiger partial charge in [0.1, 0.15) is 0 Å². The molecule has 0 aliphatic carbocycles. The highest BCUT2D eigenvalue weighted by Crippen LogP contribution is 2.15. The van der Waals surface area contributed by atoms with Crippen LogP contribution in [0.3, 0.4) is 0 Å². The fraction of sp³-hybridized carbons (Fsp3) is 0.944. The van der Waals surface area contributed by atoms with Gasteiger partial charge in [0.15, 0.2) is 5.96 Å². The van der Waals surface area contributed by atoms with Crippen molar-refractivity contribution in [2.75, 3.05) is 65.6 Å². The minimum absolute atomic E-state index is 0.730. The SMILES string of the molecule is CCNC(=NCCCN1CCOCC1)NCCN1CCCCC1C. The summed E-state index contributed by atoms with van der Waals surface area (Å²) < 4.78 is 5.38. The molecule has 6 nitrogen and oxygen atoms in total. The van der Waals surface area contributed by atoms with E-state index in [1.165, 1.54) is 25.8 Å². The maximum absolute atomic E-state index is 5.38. The Morgan fingerprint density at radius 1 is 1.12 bits per heavy atom. The van der Waals surface area contributed by atoms with E-state index in [2.05, 4.69) is 34.3 Å². The first-order valence-corrected chi connectivity index (χ1v) is 9.86. The Bertz CT molecular complexity index is 357. The van der Waals surface area contributed by atoms with E-state index in [0.29, 0.717) is 0 Å². The smallest absolute Gasteiger partial charge is 0.191 e. The lowest BCUT2D eigenvalue weighted by Gasteiger charge is -2.33. The van der Waals surface area contributed by atoms with Gasteiger partial charge in [0.25, 0.3) is 0 Å². The van der Waals surface area contributed by atoms with E-state index in [4.69, 9.17) is 9.73 Å². The summed E-state index contributed by atoms with van der Waals surface area (Å²) in [7, 11) is 0. The number of guanidine groups is 1. The van der Waals surface area contributed by atoms with Crippen LogP contribution in [0.2, 0.25) is 0 Å². The number of piperidine rings is 1. The first kappa shape index (κ1) is 19.5. The second-order valence-electron chi connectivity index (χ2n) is 6.88. The van der Waals surface area contributed by atoms with Gasteiger partial charge in [-0.3, -0.25) is 14.8 Å². The number of hydrogen-bond acceptors (Lipinski definition) is 4. The molecular weight excluding hydrogens is 302 g/mol. The van der Waals surface area contributed by atoms with Gasteiger partial charge < -0.3 is 15.4 Å². The molecule has 0 radical (unpaired) electrons. The topological polar surface area (TPSA) is 52.1 Å². The Balaban J connectivity index is 1.62. The molecule has 2 rings (SSSR count). The van der Waals surface area contributed by atoms with Crippen LogP contribution in [0.1, 0.15) is 39.5 Å². The predicted molar refractivity (Wildman–Crippen MR) is 101 cm³/mol. The van der Waals surface area contributed by atoms with Gasteiger partial charge in [0.2, 0.25) is 0 Å². The summed E-state index contributed by atoms with van der Waals surface area (Å²) in [5, 5.41) is 6.85. The molecule has 0 amide bonds. The van der Waals surface area contributed by atoms with Crippen LogP contribution in [-0.2, 0) is 4.74 Å². The first-order chi connectivity index (χ1) is 11.8. The van der Waals surface area contributed by atoms with Crippen LogP contribution < -0.4 is 10.6 Å².